The molecule has 2 nitrogen and oxygen atoms in total. The molecule has 26 heavy (non-hydrogen) atoms. The molecule has 0 radical (unpaired) electrons. The Morgan fingerprint density at radius 3 is 2.27 bits per heavy atom. The lowest BCUT2D eigenvalue weighted by molar-refractivity contribution is 0.319. The molecule has 0 spiro atoms. The molecule has 0 bridgehead atoms. The van der Waals surface area contributed by atoms with E-state index in [1.54, 1.807) is 11.3 Å². The Balaban J connectivity index is 1.45. The average molecular weight is 363 g/mol. The van der Waals surface area contributed by atoms with Gasteiger partial charge in [-0.2, -0.15) is 0 Å². The topological polar surface area (TPSA) is 38.9 Å². The zero-order valence-electron chi connectivity index (χ0n) is 15.1. The summed E-state index contributed by atoms with van der Waals surface area (Å²) in [7, 11) is 0. The highest BCUT2D eigenvalue weighted by Crippen LogP contribution is 2.33. The van der Waals surface area contributed by atoms with Gasteiger partial charge < -0.3 is 5.73 Å². The highest BCUT2D eigenvalue weighted by molar-refractivity contribution is 7.10. The minimum absolute atomic E-state index is 0.0837. The van der Waals surface area contributed by atoms with Gasteiger partial charge in [0.05, 0.1) is 11.7 Å². The van der Waals surface area contributed by atoms with E-state index in [0.29, 0.717) is 0 Å². The lowest BCUT2D eigenvalue weighted by Crippen LogP contribution is -2.17. The van der Waals surface area contributed by atoms with Gasteiger partial charge in [-0.15, -0.1) is 11.3 Å². The van der Waals surface area contributed by atoms with Gasteiger partial charge >= 0.3 is 0 Å². The van der Waals surface area contributed by atoms with Gasteiger partial charge in [0, 0.05) is 10.9 Å². The number of aromatic nitrogens is 1. The van der Waals surface area contributed by atoms with Gasteiger partial charge in [0.1, 0.15) is 5.01 Å². The van der Waals surface area contributed by atoms with Crippen LogP contribution in [-0.2, 0) is 0 Å². The molecule has 134 valence electrons. The maximum absolute atomic E-state index is 6.47. The van der Waals surface area contributed by atoms with Crippen molar-refractivity contribution in [3.63, 3.8) is 0 Å². The van der Waals surface area contributed by atoms with Crippen LogP contribution < -0.4 is 5.73 Å². The number of rotatable bonds is 5. The Hall–Kier alpha value is -1.97. The monoisotopic (exact) mass is 362 g/mol. The van der Waals surface area contributed by atoms with E-state index in [9.17, 15) is 0 Å². The predicted molar refractivity (Wildman–Crippen MR) is 111 cm³/mol. The number of nitrogens with two attached hydrogens (primary N) is 1. The van der Waals surface area contributed by atoms with Crippen LogP contribution in [0.2, 0.25) is 0 Å². The highest BCUT2D eigenvalue weighted by atomic mass is 32.1. The summed E-state index contributed by atoms with van der Waals surface area (Å²) in [4.78, 5) is 4.84. The molecule has 2 aromatic carbocycles. The van der Waals surface area contributed by atoms with Gasteiger partial charge in [0.15, 0.2) is 0 Å². The van der Waals surface area contributed by atoms with Crippen molar-refractivity contribution in [1.29, 1.82) is 0 Å². The molecule has 2 N–H and O–H groups in total. The summed E-state index contributed by atoms with van der Waals surface area (Å²) in [6.07, 6.45) is 7.90. The number of nitrogens with zero attached hydrogens (tertiary/aromatic N) is 1. The van der Waals surface area contributed by atoms with Gasteiger partial charge in [0.2, 0.25) is 0 Å². The van der Waals surface area contributed by atoms with Crippen molar-refractivity contribution in [2.24, 2.45) is 11.7 Å². The van der Waals surface area contributed by atoms with Crippen LogP contribution in [0.15, 0.2) is 60.0 Å². The molecule has 0 aliphatic heterocycles. The second kappa shape index (κ2) is 8.15. The SMILES string of the molecule is NC(CC1CCCCC1)c1nc(-c2ccc(-c3ccccc3)cc2)cs1. The number of hydrogen-bond donors (Lipinski definition) is 1. The fourth-order valence-electron chi connectivity index (χ4n) is 3.94. The molecule has 1 unspecified atom stereocenters. The summed E-state index contributed by atoms with van der Waals surface area (Å²) in [5, 5.41) is 3.23. The average Bonchev–Trinajstić information content (AvgIpc) is 3.20. The zero-order valence-corrected chi connectivity index (χ0v) is 15.9. The molecule has 3 aromatic rings. The van der Waals surface area contributed by atoms with Crippen molar-refractivity contribution < 1.29 is 0 Å². The fourth-order valence-corrected chi connectivity index (χ4v) is 4.78. The maximum Gasteiger partial charge on any atom is 0.110 e. The molecule has 1 aromatic heterocycles. The molecule has 1 aliphatic rings. The van der Waals surface area contributed by atoms with Crippen LogP contribution in [-0.4, -0.2) is 4.98 Å². The minimum atomic E-state index is 0.0837. The fraction of sp³-hybridized carbons (Fsp3) is 0.348. The number of thiazole rings is 1. The lowest BCUT2D eigenvalue weighted by atomic mass is 9.85. The van der Waals surface area contributed by atoms with Crippen LogP contribution in [0, 0.1) is 5.92 Å². The van der Waals surface area contributed by atoms with Crippen molar-refractivity contribution in [3.05, 3.63) is 65.0 Å². The molecule has 0 saturated heterocycles. The first-order chi connectivity index (χ1) is 12.8. The van der Waals surface area contributed by atoms with E-state index in [1.807, 2.05) is 6.07 Å². The first-order valence-corrected chi connectivity index (χ1v) is 10.5. The normalized spacial score (nSPS) is 16.5. The van der Waals surface area contributed by atoms with Crippen molar-refractivity contribution in [1.82, 2.24) is 4.98 Å². The zero-order chi connectivity index (χ0) is 17.8. The van der Waals surface area contributed by atoms with Crippen LogP contribution in [0.5, 0.6) is 0 Å². The van der Waals surface area contributed by atoms with Crippen molar-refractivity contribution in [3.8, 4) is 22.4 Å². The molecule has 1 fully saturated rings. The van der Waals surface area contributed by atoms with Gasteiger partial charge in [-0.1, -0.05) is 86.7 Å². The summed E-state index contributed by atoms with van der Waals surface area (Å²) >= 11 is 1.71. The third kappa shape index (κ3) is 4.05. The van der Waals surface area contributed by atoms with Gasteiger partial charge in [-0.05, 0) is 23.5 Å². The Labute approximate surface area is 160 Å². The lowest BCUT2D eigenvalue weighted by Gasteiger charge is -2.23. The molecule has 1 atom stereocenters. The minimum Gasteiger partial charge on any atom is -0.322 e. The number of hydrogen-bond acceptors (Lipinski definition) is 3. The molecular formula is C23H26N2S. The maximum atomic E-state index is 6.47. The summed E-state index contributed by atoms with van der Waals surface area (Å²) in [5.74, 6) is 0.788. The quantitative estimate of drug-likeness (QED) is 0.566. The summed E-state index contributed by atoms with van der Waals surface area (Å²) in [5.41, 5.74) is 11.2. The van der Waals surface area contributed by atoms with Crippen molar-refractivity contribution in [2.75, 3.05) is 0 Å². The van der Waals surface area contributed by atoms with E-state index in [-0.39, 0.29) is 6.04 Å². The molecule has 0 amide bonds. The molecule has 1 saturated carbocycles. The van der Waals surface area contributed by atoms with Crippen LogP contribution in [0.25, 0.3) is 22.4 Å². The second-order valence-corrected chi connectivity index (χ2v) is 8.25. The Kier molecular flexibility index (Phi) is 5.47. The van der Waals surface area contributed by atoms with Crippen LogP contribution in [0.1, 0.15) is 49.6 Å². The van der Waals surface area contributed by atoms with Crippen LogP contribution in [0.4, 0.5) is 0 Å². The molecule has 1 aliphatic carbocycles. The van der Waals surface area contributed by atoms with E-state index in [0.717, 1.165) is 28.6 Å². The smallest absolute Gasteiger partial charge is 0.110 e. The number of benzene rings is 2. The highest BCUT2D eigenvalue weighted by Gasteiger charge is 2.20. The molecule has 3 heteroatoms. The van der Waals surface area contributed by atoms with Gasteiger partial charge in [-0.3, -0.25) is 0 Å². The van der Waals surface area contributed by atoms with E-state index in [1.165, 1.54) is 43.2 Å². The van der Waals surface area contributed by atoms with E-state index >= 15 is 0 Å². The molecular weight excluding hydrogens is 336 g/mol. The molecule has 4 rings (SSSR count). The van der Waals surface area contributed by atoms with E-state index in [2.05, 4.69) is 53.9 Å². The van der Waals surface area contributed by atoms with Gasteiger partial charge in [0.25, 0.3) is 0 Å². The largest absolute Gasteiger partial charge is 0.322 e. The Morgan fingerprint density at radius 1 is 0.885 bits per heavy atom. The third-order valence-electron chi connectivity index (χ3n) is 5.44. The standard InChI is InChI=1S/C23H26N2S/c24-21(15-17-7-3-1-4-8-17)23-25-22(16-26-23)20-13-11-19(12-14-20)18-9-5-2-6-10-18/h2,5-6,9-14,16-17,21H,1,3-4,7-8,15,24H2. The predicted octanol–water partition coefficient (Wildman–Crippen LogP) is 6.45. The van der Waals surface area contributed by atoms with E-state index in [4.69, 9.17) is 10.7 Å². The van der Waals surface area contributed by atoms with Crippen molar-refractivity contribution >= 4 is 11.3 Å². The third-order valence-corrected chi connectivity index (χ3v) is 6.42. The summed E-state index contributed by atoms with van der Waals surface area (Å²) < 4.78 is 0. The second-order valence-electron chi connectivity index (χ2n) is 7.36. The Bertz CT molecular complexity index is 817. The van der Waals surface area contributed by atoms with Crippen LogP contribution >= 0.6 is 11.3 Å². The van der Waals surface area contributed by atoms with Crippen LogP contribution in [0.3, 0.4) is 0 Å². The molecule has 1 heterocycles. The first-order valence-electron chi connectivity index (χ1n) is 9.66. The first kappa shape index (κ1) is 17.4. The van der Waals surface area contributed by atoms with Gasteiger partial charge in [-0.25, -0.2) is 4.98 Å². The van der Waals surface area contributed by atoms with Crippen molar-refractivity contribution in [2.45, 2.75) is 44.6 Å². The Morgan fingerprint density at radius 2 is 1.54 bits per heavy atom. The summed E-state index contributed by atoms with van der Waals surface area (Å²) in [6.45, 7) is 0. The summed E-state index contributed by atoms with van der Waals surface area (Å²) in [6, 6.07) is 19.2. The van der Waals surface area contributed by atoms with E-state index < -0.39 is 0 Å².